The molecule has 0 amide bonds. The molecule has 0 aliphatic heterocycles. The summed E-state index contributed by atoms with van der Waals surface area (Å²) in [7, 11) is 1.51. The van der Waals surface area contributed by atoms with Crippen LogP contribution in [0.3, 0.4) is 0 Å². The van der Waals surface area contributed by atoms with Crippen molar-refractivity contribution in [3.05, 3.63) is 76.9 Å². The monoisotopic (exact) mass is 393 g/mol. The SMILES string of the molecule is COc1cc(/C=C/C(=O)c2ccc(-c3ccc(F)cc3)s2)ccc1OCC#N. The molecule has 6 heteroatoms. The van der Waals surface area contributed by atoms with E-state index in [9.17, 15) is 9.18 Å². The van der Waals surface area contributed by atoms with Crippen LogP contribution in [0.25, 0.3) is 16.5 Å². The number of methoxy groups -OCH3 is 1. The predicted molar refractivity (Wildman–Crippen MR) is 107 cm³/mol. The van der Waals surface area contributed by atoms with Gasteiger partial charge in [-0.3, -0.25) is 4.79 Å². The number of carbonyl (C=O) groups excluding carboxylic acids is 1. The standard InChI is InChI=1S/C22H16FNO3S/c1-26-20-14-15(3-9-19(20)27-13-12-24)2-8-18(25)22-11-10-21(28-22)16-4-6-17(23)7-5-16/h2-11,14H,13H2,1H3/b8-2+. The average molecular weight is 393 g/mol. The number of thiophene rings is 1. The summed E-state index contributed by atoms with van der Waals surface area (Å²) in [5.74, 6) is 0.537. The maximum atomic E-state index is 13.0. The maximum Gasteiger partial charge on any atom is 0.195 e. The molecule has 0 radical (unpaired) electrons. The molecule has 4 nitrogen and oxygen atoms in total. The Balaban J connectivity index is 1.73. The summed E-state index contributed by atoms with van der Waals surface area (Å²) in [5.41, 5.74) is 1.64. The molecular weight excluding hydrogens is 377 g/mol. The van der Waals surface area contributed by atoms with Crippen molar-refractivity contribution in [1.29, 1.82) is 5.26 Å². The van der Waals surface area contributed by atoms with E-state index in [1.54, 1.807) is 42.5 Å². The minimum absolute atomic E-state index is 0.0706. The van der Waals surface area contributed by atoms with E-state index < -0.39 is 0 Å². The Morgan fingerprint density at radius 1 is 1.14 bits per heavy atom. The van der Waals surface area contributed by atoms with Crippen LogP contribution in [0.5, 0.6) is 11.5 Å². The second kappa shape index (κ2) is 8.98. The number of hydrogen-bond acceptors (Lipinski definition) is 5. The molecule has 140 valence electrons. The molecular formula is C22H16FNO3S. The van der Waals surface area contributed by atoms with Gasteiger partial charge < -0.3 is 9.47 Å². The van der Waals surface area contributed by atoms with Crippen LogP contribution in [0.4, 0.5) is 4.39 Å². The highest BCUT2D eigenvalue weighted by molar-refractivity contribution is 7.17. The fraction of sp³-hybridized carbons (Fsp3) is 0.0909. The van der Waals surface area contributed by atoms with Gasteiger partial charge in [0, 0.05) is 4.88 Å². The molecule has 3 aromatic rings. The van der Waals surface area contributed by atoms with Gasteiger partial charge in [-0.1, -0.05) is 24.3 Å². The van der Waals surface area contributed by atoms with Crippen molar-refractivity contribution in [2.45, 2.75) is 0 Å². The van der Waals surface area contributed by atoms with E-state index in [2.05, 4.69) is 0 Å². The number of nitrogens with zero attached hydrogens (tertiary/aromatic N) is 1. The number of ketones is 1. The van der Waals surface area contributed by atoms with Crippen LogP contribution in [0.1, 0.15) is 15.2 Å². The van der Waals surface area contributed by atoms with Crippen molar-refractivity contribution in [2.24, 2.45) is 0 Å². The maximum absolute atomic E-state index is 13.0. The summed E-state index contributed by atoms with van der Waals surface area (Å²) in [6, 6.07) is 16.9. The summed E-state index contributed by atoms with van der Waals surface area (Å²) in [6.45, 7) is -0.0706. The molecule has 0 spiro atoms. The zero-order valence-corrected chi connectivity index (χ0v) is 15.8. The summed E-state index contributed by atoms with van der Waals surface area (Å²) in [6.07, 6.45) is 3.18. The quantitative estimate of drug-likeness (QED) is 0.400. The summed E-state index contributed by atoms with van der Waals surface area (Å²) >= 11 is 1.36. The first kappa shape index (κ1) is 19.3. The van der Waals surface area contributed by atoms with Gasteiger partial charge in [0.05, 0.1) is 12.0 Å². The van der Waals surface area contributed by atoms with Gasteiger partial charge >= 0.3 is 0 Å². The van der Waals surface area contributed by atoms with Gasteiger partial charge in [-0.2, -0.15) is 5.26 Å². The van der Waals surface area contributed by atoms with Gasteiger partial charge in [0.1, 0.15) is 11.9 Å². The van der Waals surface area contributed by atoms with Crippen molar-refractivity contribution in [1.82, 2.24) is 0 Å². The molecule has 0 aliphatic rings. The highest BCUT2D eigenvalue weighted by atomic mass is 32.1. The second-order valence-corrected chi connectivity index (χ2v) is 6.81. The topological polar surface area (TPSA) is 59.3 Å². The van der Waals surface area contributed by atoms with Gasteiger partial charge in [0.25, 0.3) is 0 Å². The fourth-order valence-electron chi connectivity index (χ4n) is 2.51. The molecule has 0 saturated carbocycles. The van der Waals surface area contributed by atoms with E-state index >= 15 is 0 Å². The second-order valence-electron chi connectivity index (χ2n) is 5.73. The van der Waals surface area contributed by atoms with Crippen LogP contribution >= 0.6 is 11.3 Å². The van der Waals surface area contributed by atoms with Gasteiger partial charge in [-0.05, 0) is 53.6 Å². The first-order chi connectivity index (χ1) is 13.6. The molecule has 28 heavy (non-hydrogen) atoms. The van der Waals surface area contributed by atoms with E-state index in [4.69, 9.17) is 14.7 Å². The number of rotatable bonds is 7. The molecule has 0 unspecified atom stereocenters. The van der Waals surface area contributed by atoms with Crippen LogP contribution < -0.4 is 9.47 Å². The van der Waals surface area contributed by atoms with Gasteiger partial charge in [-0.25, -0.2) is 4.39 Å². The molecule has 2 aromatic carbocycles. The Morgan fingerprint density at radius 3 is 2.64 bits per heavy atom. The average Bonchev–Trinajstić information content (AvgIpc) is 3.21. The molecule has 0 bridgehead atoms. The Hall–Kier alpha value is -3.43. The number of nitriles is 1. The Labute approximate surface area is 166 Å². The van der Waals surface area contributed by atoms with Crippen LogP contribution in [0.2, 0.25) is 0 Å². The smallest absolute Gasteiger partial charge is 0.195 e. The number of halogens is 1. The zero-order valence-electron chi connectivity index (χ0n) is 15.0. The van der Waals surface area contributed by atoms with E-state index in [0.29, 0.717) is 16.4 Å². The normalized spacial score (nSPS) is 10.6. The Morgan fingerprint density at radius 2 is 1.93 bits per heavy atom. The number of benzene rings is 2. The number of allylic oxidation sites excluding steroid dienone is 1. The zero-order chi connectivity index (χ0) is 19.9. The lowest BCUT2D eigenvalue weighted by Gasteiger charge is -2.08. The van der Waals surface area contributed by atoms with Crippen molar-refractivity contribution >= 4 is 23.2 Å². The van der Waals surface area contributed by atoms with Crippen LogP contribution in [0, 0.1) is 17.1 Å². The lowest BCUT2D eigenvalue weighted by atomic mass is 10.1. The van der Waals surface area contributed by atoms with E-state index in [-0.39, 0.29) is 18.2 Å². The lowest BCUT2D eigenvalue weighted by molar-refractivity contribution is 0.105. The third kappa shape index (κ3) is 4.64. The molecule has 0 N–H and O–H groups in total. The van der Waals surface area contributed by atoms with E-state index in [1.807, 2.05) is 12.1 Å². The van der Waals surface area contributed by atoms with Crippen LogP contribution in [-0.4, -0.2) is 19.5 Å². The minimum Gasteiger partial charge on any atom is -0.493 e. The minimum atomic E-state index is -0.293. The van der Waals surface area contributed by atoms with Gasteiger partial charge in [0.15, 0.2) is 23.9 Å². The number of carbonyl (C=O) groups is 1. The Kier molecular flexibility index (Phi) is 6.20. The highest BCUT2D eigenvalue weighted by Gasteiger charge is 2.09. The molecule has 0 saturated heterocycles. The van der Waals surface area contributed by atoms with E-state index in [1.165, 1.54) is 36.7 Å². The predicted octanol–water partition coefficient (Wildman–Crippen LogP) is 5.36. The first-order valence-electron chi connectivity index (χ1n) is 8.36. The van der Waals surface area contributed by atoms with Gasteiger partial charge in [-0.15, -0.1) is 11.3 Å². The lowest BCUT2D eigenvalue weighted by Crippen LogP contribution is -1.96. The molecule has 1 heterocycles. The van der Waals surface area contributed by atoms with Gasteiger partial charge in [0.2, 0.25) is 0 Å². The third-order valence-electron chi connectivity index (χ3n) is 3.88. The summed E-state index contributed by atoms with van der Waals surface area (Å²) < 4.78 is 23.6. The molecule has 0 aliphatic carbocycles. The molecule has 0 atom stereocenters. The van der Waals surface area contributed by atoms with Crippen molar-refractivity contribution in [3.63, 3.8) is 0 Å². The number of hydrogen-bond donors (Lipinski definition) is 0. The van der Waals surface area contributed by atoms with Crippen molar-refractivity contribution in [2.75, 3.05) is 13.7 Å². The first-order valence-corrected chi connectivity index (χ1v) is 9.18. The molecule has 1 aromatic heterocycles. The summed E-state index contributed by atoms with van der Waals surface area (Å²) in [4.78, 5) is 13.9. The largest absolute Gasteiger partial charge is 0.493 e. The summed E-state index contributed by atoms with van der Waals surface area (Å²) in [5, 5.41) is 8.61. The van der Waals surface area contributed by atoms with E-state index in [0.717, 1.165) is 16.0 Å². The van der Waals surface area contributed by atoms with Crippen molar-refractivity contribution < 1.29 is 18.7 Å². The number of ether oxygens (including phenoxy) is 2. The Bertz CT molecular complexity index is 1050. The van der Waals surface area contributed by atoms with Crippen molar-refractivity contribution in [3.8, 4) is 28.0 Å². The fourth-order valence-corrected chi connectivity index (χ4v) is 3.44. The molecule has 0 fully saturated rings. The van der Waals surface area contributed by atoms with Crippen LogP contribution in [0.15, 0.2) is 60.7 Å². The highest BCUT2D eigenvalue weighted by Crippen LogP contribution is 2.30. The van der Waals surface area contributed by atoms with Crippen LogP contribution in [-0.2, 0) is 0 Å². The molecule has 3 rings (SSSR count). The third-order valence-corrected chi connectivity index (χ3v) is 5.03.